The number of esters is 1. The first-order chi connectivity index (χ1) is 13.9. The first-order valence-corrected chi connectivity index (χ1v) is 10.3. The number of hydrogen-bond donors (Lipinski definition) is 2. The summed E-state index contributed by atoms with van der Waals surface area (Å²) in [7, 11) is 0. The van der Waals surface area contributed by atoms with Gasteiger partial charge in [-0.3, -0.25) is 14.4 Å². The number of aromatic amines is 1. The third kappa shape index (κ3) is 5.48. The van der Waals surface area contributed by atoms with Crippen molar-refractivity contribution in [2.24, 2.45) is 0 Å². The van der Waals surface area contributed by atoms with Crippen molar-refractivity contribution < 1.29 is 19.1 Å². The smallest absolute Gasteiger partial charge is 0.316 e. The van der Waals surface area contributed by atoms with Gasteiger partial charge in [0.1, 0.15) is 0 Å². The van der Waals surface area contributed by atoms with E-state index in [0.717, 1.165) is 33.9 Å². The summed E-state index contributed by atoms with van der Waals surface area (Å²) in [5.41, 5.74) is 3.11. The van der Waals surface area contributed by atoms with Gasteiger partial charge in [0, 0.05) is 28.4 Å². The molecule has 3 rings (SSSR count). The van der Waals surface area contributed by atoms with Gasteiger partial charge in [0.15, 0.2) is 6.10 Å². The number of nitrogens with one attached hydrogen (secondary N) is 2. The number of ether oxygens (including phenoxy) is 1. The highest BCUT2D eigenvalue weighted by molar-refractivity contribution is 8.00. The van der Waals surface area contributed by atoms with Crippen LogP contribution in [0.25, 0.3) is 10.9 Å². The van der Waals surface area contributed by atoms with Gasteiger partial charge in [-0.25, -0.2) is 0 Å². The Kier molecular flexibility index (Phi) is 6.72. The second-order valence-electron chi connectivity index (χ2n) is 6.65. The van der Waals surface area contributed by atoms with Crippen LogP contribution in [0.3, 0.4) is 0 Å². The number of aryl methyl sites for hydroxylation is 1. The van der Waals surface area contributed by atoms with Crippen molar-refractivity contribution in [1.82, 2.24) is 4.98 Å². The van der Waals surface area contributed by atoms with Gasteiger partial charge >= 0.3 is 5.97 Å². The Balaban J connectivity index is 1.45. The Bertz CT molecular complexity index is 1040. The average Bonchev–Trinajstić information content (AvgIpc) is 3.11. The number of amides is 1. The zero-order valence-electron chi connectivity index (χ0n) is 16.2. The summed E-state index contributed by atoms with van der Waals surface area (Å²) in [5.74, 6) is -0.881. The average molecular weight is 410 g/mol. The third-order valence-corrected chi connectivity index (χ3v) is 5.19. The third-order valence-electron chi connectivity index (χ3n) is 4.29. The lowest BCUT2D eigenvalue weighted by atomic mass is 10.1. The van der Waals surface area contributed by atoms with Crippen LogP contribution < -0.4 is 5.32 Å². The number of para-hydroxylation sites is 1. The molecule has 1 amide bonds. The van der Waals surface area contributed by atoms with E-state index < -0.39 is 12.1 Å². The number of H-pyrrole nitrogens is 1. The van der Waals surface area contributed by atoms with Gasteiger partial charge in [0.2, 0.25) is 11.7 Å². The Morgan fingerprint density at radius 1 is 1.10 bits per heavy atom. The predicted molar refractivity (Wildman–Crippen MR) is 115 cm³/mol. The molecule has 0 fully saturated rings. The van der Waals surface area contributed by atoms with E-state index in [0.29, 0.717) is 5.56 Å². The largest absolute Gasteiger partial charge is 0.454 e. The molecule has 0 saturated heterocycles. The van der Waals surface area contributed by atoms with Crippen LogP contribution in [-0.4, -0.2) is 40.3 Å². The molecule has 2 N–H and O–H groups in total. The number of benzene rings is 2. The maximum Gasteiger partial charge on any atom is 0.316 e. The summed E-state index contributed by atoms with van der Waals surface area (Å²) < 4.78 is 5.25. The molecule has 29 heavy (non-hydrogen) atoms. The van der Waals surface area contributed by atoms with Gasteiger partial charge in [-0.1, -0.05) is 30.3 Å². The lowest BCUT2D eigenvalue weighted by Gasteiger charge is -2.12. The molecule has 0 unspecified atom stereocenters. The van der Waals surface area contributed by atoms with Gasteiger partial charge in [-0.2, -0.15) is 0 Å². The number of fused-ring (bicyclic) bond motifs is 1. The van der Waals surface area contributed by atoms with E-state index in [1.165, 1.54) is 0 Å². The molecular weight excluding hydrogens is 388 g/mol. The van der Waals surface area contributed by atoms with Crippen molar-refractivity contribution in [2.45, 2.75) is 20.0 Å². The fraction of sp³-hybridized carbons (Fsp3) is 0.227. The van der Waals surface area contributed by atoms with E-state index in [-0.39, 0.29) is 23.2 Å². The molecule has 1 heterocycles. The molecule has 0 aliphatic heterocycles. The number of carbonyl (C=O) groups excluding carboxylic acids is 3. The molecule has 0 aliphatic rings. The quantitative estimate of drug-likeness (QED) is 0.433. The van der Waals surface area contributed by atoms with Crippen LogP contribution in [0.2, 0.25) is 0 Å². The zero-order chi connectivity index (χ0) is 20.8. The van der Waals surface area contributed by atoms with Gasteiger partial charge in [-0.15, -0.1) is 11.8 Å². The minimum atomic E-state index is -0.900. The summed E-state index contributed by atoms with van der Waals surface area (Å²) in [6, 6.07) is 14.9. The summed E-state index contributed by atoms with van der Waals surface area (Å²) in [6.45, 7) is 3.50. The predicted octanol–water partition coefficient (Wildman–Crippen LogP) is 3.96. The van der Waals surface area contributed by atoms with Crippen molar-refractivity contribution in [3.8, 4) is 0 Å². The molecule has 150 valence electrons. The van der Waals surface area contributed by atoms with Crippen LogP contribution in [0, 0.1) is 6.92 Å². The topological polar surface area (TPSA) is 88.3 Å². The molecular formula is C22H22N2O4S. The lowest BCUT2D eigenvalue weighted by molar-refractivity contribution is -0.143. The maximum atomic E-state index is 12.6. The maximum absolute atomic E-state index is 12.6. The van der Waals surface area contributed by atoms with E-state index in [4.69, 9.17) is 4.74 Å². The first-order valence-electron chi connectivity index (χ1n) is 9.18. The van der Waals surface area contributed by atoms with Gasteiger partial charge in [0.05, 0.1) is 11.5 Å². The van der Waals surface area contributed by atoms with Crippen LogP contribution >= 0.6 is 11.8 Å². The number of carbonyl (C=O) groups is 3. The summed E-state index contributed by atoms with van der Waals surface area (Å²) in [4.78, 5) is 39.7. The van der Waals surface area contributed by atoms with E-state index >= 15 is 0 Å². The van der Waals surface area contributed by atoms with Crippen LogP contribution in [-0.2, 0) is 14.3 Å². The van der Waals surface area contributed by atoms with Crippen molar-refractivity contribution >= 4 is 46.0 Å². The number of anilines is 1. The van der Waals surface area contributed by atoms with Crippen molar-refractivity contribution in [2.75, 3.05) is 16.8 Å². The van der Waals surface area contributed by atoms with Gasteiger partial charge < -0.3 is 15.0 Å². The second kappa shape index (κ2) is 9.43. The highest BCUT2D eigenvalue weighted by atomic mass is 32.2. The number of hydrogen-bond acceptors (Lipinski definition) is 5. The number of thioether (sulfide) groups is 1. The summed E-state index contributed by atoms with van der Waals surface area (Å²) in [5, 5.41) is 3.58. The molecule has 0 spiro atoms. The number of aromatic nitrogens is 1. The van der Waals surface area contributed by atoms with Gasteiger partial charge in [-0.05, 0) is 37.6 Å². The Morgan fingerprint density at radius 3 is 2.69 bits per heavy atom. The molecule has 0 aliphatic carbocycles. The highest BCUT2D eigenvalue weighted by Crippen LogP contribution is 2.20. The Labute approximate surface area is 173 Å². The molecule has 0 bridgehead atoms. The summed E-state index contributed by atoms with van der Waals surface area (Å²) >= 11 is 1.14. The molecule has 1 aromatic heterocycles. The Morgan fingerprint density at radius 2 is 1.90 bits per heavy atom. The number of Topliss-reactive ketones (excluding diaryl/α,β-unsaturated/α-hetero) is 1. The lowest BCUT2D eigenvalue weighted by Crippen LogP contribution is -2.25. The second-order valence-corrected chi connectivity index (χ2v) is 7.64. The van der Waals surface area contributed by atoms with Crippen LogP contribution in [0.5, 0.6) is 0 Å². The summed E-state index contributed by atoms with van der Waals surface area (Å²) in [6.07, 6.45) is 0.727. The van der Waals surface area contributed by atoms with Crippen LogP contribution in [0.15, 0.2) is 54.7 Å². The van der Waals surface area contributed by atoms with Crippen molar-refractivity contribution in [3.05, 3.63) is 65.9 Å². The zero-order valence-corrected chi connectivity index (χ0v) is 17.0. The van der Waals surface area contributed by atoms with Crippen LogP contribution in [0.4, 0.5) is 5.69 Å². The molecule has 0 saturated carbocycles. The molecule has 6 nitrogen and oxygen atoms in total. The van der Waals surface area contributed by atoms with E-state index in [9.17, 15) is 14.4 Å². The molecule has 3 aromatic rings. The molecule has 2 aromatic carbocycles. The molecule has 0 radical (unpaired) electrons. The van der Waals surface area contributed by atoms with Crippen LogP contribution in [0.1, 0.15) is 22.8 Å². The first kappa shape index (κ1) is 20.7. The molecule has 1 atom stereocenters. The minimum absolute atomic E-state index is 0.00720. The molecule has 7 heteroatoms. The van der Waals surface area contributed by atoms with Gasteiger partial charge in [0.25, 0.3) is 0 Å². The van der Waals surface area contributed by atoms with E-state index in [2.05, 4.69) is 10.3 Å². The Hall–Kier alpha value is -3.06. The van der Waals surface area contributed by atoms with E-state index in [1.54, 1.807) is 13.1 Å². The fourth-order valence-corrected chi connectivity index (χ4v) is 3.52. The van der Waals surface area contributed by atoms with Crippen molar-refractivity contribution in [3.63, 3.8) is 0 Å². The minimum Gasteiger partial charge on any atom is -0.454 e. The fourth-order valence-electron chi connectivity index (χ4n) is 2.93. The monoisotopic (exact) mass is 410 g/mol. The standard InChI is InChI=1S/C22H22N2O4S/c1-14-6-5-7-16(10-14)24-20(25)12-29-13-21(26)28-15(2)22(27)18-11-23-19-9-4-3-8-17(18)19/h3-11,15,23H,12-13H2,1-2H3,(H,24,25)/t15-/m0/s1. The number of rotatable bonds is 8. The van der Waals surface area contributed by atoms with E-state index in [1.807, 2.05) is 55.5 Å². The normalized spacial score (nSPS) is 11.8. The SMILES string of the molecule is Cc1cccc(NC(=O)CSCC(=O)O[C@@H](C)C(=O)c2c[nH]c3ccccc23)c1. The highest BCUT2D eigenvalue weighted by Gasteiger charge is 2.22. The van der Waals surface area contributed by atoms with Crippen molar-refractivity contribution in [1.29, 1.82) is 0 Å². The number of ketones is 1.